The Morgan fingerprint density at radius 2 is 1.93 bits per heavy atom. The zero-order chi connectivity index (χ0) is 10.1. The molecule has 14 heavy (non-hydrogen) atoms. The van der Waals surface area contributed by atoms with E-state index >= 15 is 0 Å². The maximum atomic E-state index is 5.94. The Balaban J connectivity index is 2.78. The standard InChI is InChI=1S/C11H11ClN2/c1-14-8-4-2-7-3-5-10(12)11(13)9(7)6-8/h2-6,14H,13H2,1H3. The lowest BCUT2D eigenvalue weighted by Crippen LogP contribution is -1.91. The monoisotopic (exact) mass is 206 g/mol. The van der Waals surface area contributed by atoms with Gasteiger partial charge in [0.15, 0.2) is 0 Å². The second-order valence-electron chi connectivity index (χ2n) is 3.15. The summed E-state index contributed by atoms with van der Waals surface area (Å²) in [6.07, 6.45) is 0. The van der Waals surface area contributed by atoms with Crippen molar-refractivity contribution in [3.8, 4) is 0 Å². The Morgan fingerprint density at radius 3 is 2.64 bits per heavy atom. The van der Waals surface area contributed by atoms with E-state index in [1.807, 2.05) is 37.4 Å². The molecule has 0 saturated heterocycles. The van der Waals surface area contributed by atoms with E-state index in [0.29, 0.717) is 10.7 Å². The summed E-state index contributed by atoms with van der Waals surface area (Å²) in [4.78, 5) is 0. The van der Waals surface area contributed by atoms with Gasteiger partial charge in [-0.05, 0) is 23.6 Å². The number of rotatable bonds is 1. The van der Waals surface area contributed by atoms with E-state index in [1.54, 1.807) is 0 Å². The summed E-state index contributed by atoms with van der Waals surface area (Å²) < 4.78 is 0. The van der Waals surface area contributed by atoms with E-state index in [-0.39, 0.29) is 0 Å². The molecule has 2 rings (SSSR count). The molecule has 0 spiro atoms. The average molecular weight is 207 g/mol. The molecule has 3 N–H and O–H groups in total. The van der Waals surface area contributed by atoms with Crippen LogP contribution in [0, 0.1) is 0 Å². The number of fused-ring (bicyclic) bond motifs is 1. The number of nitrogens with two attached hydrogens (primary N) is 1. The number of anilines is 2. The van der Waals surface area contributed by atoms with Crippen LogP contribution in [-0.2, 0) is 0 Å². The molecule has 0 saturated carbocycles. The molecular formula is C11H11ClN2. The number of benzene rings is 2. The van der Waals surface area contributed by atoms with Crippen LogP contribution in [-0.4, -0.2) is 7.05 Å². The summed E-state index contributed by atoms with van der Waals surface area (Å²) in [5, 5.41) is 5.76. The summed E-state index contributed by atoms with van der Waals surface area (Å²) in [5.74, 6) is 0. The van der Waals surface area contributed by atoms with Gasteiger partial charge in [0.25, 0.3) is 0 Å². The fourth-order valence-electron chi connectivity index (χ4n) is 1.47. The van der Waals surface area contributed by atoms with Crippen molar-refractivity contribution in [2.75, 3.05) is 18.1 Å². The number of nitrogen functional groups attached to an aromatic ring is 1. The predicted octanol–water partition coefficient (Wildman–Crippen LogP) is 3.12. The van der Waals surface area contributed by atoms with E-state index in [1.165, 1.54) is 0 Å². The zero-order valence-electron chi connectivity index (χ0n) is 7.84. The topological polar surface area (TPSA) is 38.0 Å². The van der Waals surface area contributed by atoms with Crippen LogP contribution in [0.5, 0.6) is 0 Å². The second kappa shape index (κ2) is 3.39. The molecular weight excluding hydrogens is 196 g/mol. The van der Waals surface area contributed by atoms with Gasteiger partial charge in [0.1, 0.15) is 0 Å². The van der Waals surface area contributed by atoms with Crippen LogP contribution in [0.1, 0.15) is 0 Å². The molecule has 0 bridgehead atoms. The third-order valence-electron chi connectivity index (χ3n) is 2.30. The minimum atomic E-state index is 0.603. The molecule has 0 amide bonds. The number of halogens is 1. The van der Waals surface area contributed by atoms with Crippen LogP contribution in [0.25, 0.3) is 10.8 Å². The summed E-state index contributed by atoms with van der Waals surface area (Å²) in [6, 6.07) is 9.81. The average Bonchev–Trinajstić information content (AvgIpc) is 2.23. The lowest BCUT2D eigenvalue weighted by molar-refractivity contribution is 1.53. The fourth-order valence-corrected chi connectivity index (χ4v) is 1.64. The zero-order valence-corrected chi connectivity index (χ0v) is 8.60. The Morgan fingerprint density at radius 1 is 1.21 bits per heavy atom. The Labute approximate surface area is 87.7 Å². The van der Waals surface area contributed by atoms with Crippen LogP contribution < -0.4 is 11.1 Å². The Hall–Kier alpha value is -1.41. The Kier molecular flexibility index (Phi) is 2.22. The first-order chi connectivity index (χ1) is 6.72. The fraction of sp³-hybridized carbons (Fsp3) is 0.0909. The van der Waals surface area contributed by atoms with Gasteiger partial charge in [0.05, 0.1) is 10.7 Å². The molecule has 0 aromatic heterocycles. The van der Waals surface area contributed by atoms with Gasteiger partial charge in [-0.1, -0.05) is 23.7 Å². The number of hydrogen-bond donors (Lipinski definition) is 2. The quantitative estimate of drug-likeness (QED) is 0.704. The van der Waals surface area contributed by atoms with Crippen LogP contribution >= 0.6 is 11.6 Å². The first-order valence-corrected chi connectivity index (χ1v) is 4.75. The minimum Gasteiger partial charge on any atom is -0.397 e. The maximum absolute atomic E-state index is 5.94. The summed E-state index contributed by atoms with van der Waals surface area (Å²) in [6.45, 7) is 0. The number of hydrogen-bond acceptors (Lipinski definition) is 2. The molecule has 0 aliphatic carbocycles. The normalized spacial score (nSPS) is 10.4. The van der Waals surface area contributed by atoms with Crippen molar-refractivity contribution in [2.45, 2.75) is 0 Å². The van der Waals surface area contributed by atoms with Crippen molar-refractivity contribution in [1.29, 1.82) is 0 Å². The highest BCUT2D eigenvalue weighted by Crippen LogP contribution is 2.30. The molecule has 0 aliphatic rings. The van der Waals surface area contributed by atoms with E-state index in [9.17, 15) is 0 Å². The highest BCUT2D eigenvalue weighted by atomic mass is 35.5. The minimum absolute atomic E-state index is 0.603. The number of nitrogens with one attached hydrogen (secondary N) is 1. The molecule has 0 radical (unpaired) electrons. The molecule has 0 fully saturated rings. The smallest absolute Gasteiger partial charge is 0.0642 e. The third-order valence-corrected chi connectivity index (χ3v) is 2.63. The van der Waals surface area contributed by atoms with Crippen molar-refractivity contribution in [3.05, 3.63) is 35.4 Å². The van der Waals surface area contributed by atoms with Crippen LogP contribution in [0.2, 0.25) is 5.02 Å². The Bertz CT molecular complexity index is 480. The molecule has 72 valence electrons. The predicted molar refractivity (Wildman–Crippen MR) is 62.9 cm³/mol. The van der Waals surface area contributed by atoms with Gasteiger partial charge in [0.2, 0.25) is 0 Å². The molecule has 0 unspecified atom stereocenters. The maximum Gasteiger partial charge on any atom is 0.0642 e. The molecule has 3 heteroatoms. The van der Waals surface area contributed by atoms with Gasteiger partial charge in [0, 0.05) is 18.1 Å². The van der Waals surface area contributed by atoms with Gasteiger partial charge < -0.3 is 11.1 Å². The van der Waals surface area contributed by atoms with Crippen LogP contribution in [0.3, 0.4) is 0 Å². The third kappa shape index (κ3) is 1.38. The lowest BCUT2D eigenvalue weighted by atomic mass is 10.1. The first kappa shape index (κ1) is 9.16. The van der Waals surface area contributed by atoms with E-state index in [2.05, 4.69) is 5.32 Å². The summed E-state index contributed by atoms with van der Waals surface area (Å²) in [5.41, 5.74) is 7.56. The summed E-state index contributed by atoms with van der Waals surface area (Å²) >= 11 is 5.94. The van der Waals surface area contributed by atoms with Crippen molar-refractivity contribution >= 4 is 33.7 Å². The van der Waals surface area contributed by atoms with E-state index < -0.39 is 0 Å². The second-order valence-corrected chi connectivity index (χ2v) is 3.55. The van der Waals surface area contributed by atoms with E-state index in [0.717, 1.165) is 16.5 Å². The van der Waals surface area contributed by atoms with Crippen molar-refractivity contribution in [2.24, 2.45) is 0 Å². The highest BCUT2D eigenvalue weighted by Gasteiger charge is 2.02. The summed E-state index contributed by atoms with van der Waals surface area (Å²) in [7, 11) is 1.88. The van der Waals surface area contributed by atoms with Gasteiger partial charge in [-0.15, -0.1) is 0 Å². The van der Waals surface area contributed by atoms with Crippen LogP contribution in [0.15, 0.2) is 30.3 Å². The molecule has 2 nitrogen and oxygen atoms in total. The molecule has 0 atom stereocenters. The largest absolute Gasteiger partial charge is 0.397 e. The van der Waals surface area contributed by atoms with Gasteiger partial charge in [-0.2, -0.15) is 0 Å². The van der Waals surface area contributed by atoms with Crippen LogP contribution in [0.4, 0.5) is 11.4 Å². The molecule has 2 aromatic rings. The molecule has 0 heterocycles. The first-order valence-electron chi connectivity index (χ1n) is 4.38. The lowest BCUT2D eigenvalue weighted by Gasteiger charge is -2.06. The van der Waals surface area contributed by atoms with Crippen molar-refractivity contribution in [3.63, 3.8) is 0 Å². The molecule has 2 aromatic carbocycles. The SMILES string of the molecule is CNc1ccc2ccc(Cl)c(N)c2c1. The van der Waals surface area contributed by atoms with Gasteiger partial charge >= 0.3 is 0 Å². The molecule has 0 aliphatic heterocycles. The van der Waals surface area contributed by atoms with E-state index in [4.69, 9.17) is 17.3 Å². The van der Waals surface area contributed by atoms with Crippen molar-refractivity contribution in [1.82, 2.24) is 0 Å². The van der Waals surface area contributed by atoms with Gasteiger partial charge in [-0.3, -0.25) is 0 Å². The van der Waals surface area contributed by atoms with Gasteiger partial charge in [-0.25, -0.2) is 0 Å². The highest BCUT2D eigenvalue weighted by molar-refractivity contribution is 6.34. The van der Waals surface area contributed by atoms with Crippen molar-refractivity contribution < 1.29 is 0 Å².